The summed E-state index contributed by atoms with van der Waals surface area (Å²) in [4.78, 5) is 11.6. The van der Waals surface area contributed by atoms with Gasteiger partial charge in [0.15, 0.2) is 15.7 Å². The van der Waals surface area contributed by atoms with Crippen LogP contribution in [0.2, 0.25) is 0 Å². The molecule has 0 saturated carbocycles. The predicted molar refractivity (Wildman–Crippen MR) is 73.8 cm³/mol. The minimum absolute atomic E-state index is 0.0302. The van der Waals surface area contributed by atoms with Crippen molar-refractivity contribution in [3.8, 4) is 0 Å². The quantitative estimate of drug-likeness (QED) is 0.907. The Morgan fingerprint density at radius 3 is 2.71 bits per heavy atom. The fourth-order valence-corrected chi connectivity index (χ4v) is 2.99. The summed E-state index contributed by atoms with van der Waals surface area (Å²) in [5.74, 6) is -2.04. The zero-order valence-electron chi connectivity index (χ0n) is 11.2. The summed E-state index contributed by atoms with van der Waals surface area (Å²) in [5.41, 5.74) is 0.0302. The van der Waals surface area contributed by atoms with E-state index in [9.17, 15) is 17.6 Å². The third-order valence-corrected chi connectivity index (χ3v) is 4.03. The van der Waals surface area contributed by atoms with Crippen LogP contribution >= 0.6 is 0 Å². The summed E-state index contributed by atoms with van der Waals surface area (Å²) in [5, 5.41) is 5.82. The molecule has 0 aliphatic heterocycles. The Morgan fingerprint density at radius 1 is 1.38 bits per heavy atom. The summed E-state index contributed by atoms with van der Waals surface area (Å²) in [7, 11) is -3.78. The Bertz CT molecular complexity index is 755. The number of nitrogens with zero attached hydrogens (tertiary/aromatic N) is 1. The monoisotopic (exact) mass is 312 g/mol. The maximum atomic E-state index is 13.4. The normalized spacial score (nSPS) is 11.3. The summed E-state index contributed by atoms with van der Waals surface area (Å²) in [6.07, 6.45) is 0. The highest BCUT2D eigenvalue weighted by Crippen LogP contribution is 2.12. The second kappa shape index (κ2) is 6.04. The van der Waals surface area contributed by atoms with Gasteiger partial charge in [0.2, 0.25) is 5.91 Å². The number of hydrogen-bond donors (Lipinski definition) is 1. The number of amides is 1. The van der Waals surface area contributed by atoms with Crippen LogP contribution in [0, 0.1) is 12.7 Å². The standard InChI is InChI=1S/C13H13FN2O4S/c1-9-6-12(16-20-9)15-13(17)8-21(18,19)7-10-4-2-3-5-11(10)14/h2-6H,7-8H2,1H3,(H,15,16,17). The van der Waals surface area contributed by atoms with Crippen LogP contribution < -0.4 is 5.32 Å². The van der Waals surface area contributed by atoms with Gasteiger partial charge >= 0.3 is 0 Å². The van der Waals surface area contributed by atoms with E-state index in [1.165, 1.54) is 30.3 Å². The molecule has 0 atom stereocenters. The first kappa shape index (κ1) is 15.2. The van der Waals surface area contributed by atoms with E-state index < -0.39 is 33.1 Å². The molecule has 8 heteroatoms. The van der Waals surface area contributed by atoms with Gasteiger partial charge in [0, 0.05) is 11.6 Å². The molecular weight excluding hydrogens is 299 g/mol. The van der Waals surface area contributed by atoms with Crippen LogP contribution in [0.25, 0.3) is 0 Å². The van der Waals surface area contributed by atoms with Crippen molar-refractivity contribution in [1.82, 2.24) is 5.16 Å². The fraction of sp³-hybridized carbons (Fsp3) is 0.231. The van der Waals surface area contributed by atoms with Crippen molar-refractivity contribution >= 4 is 21.6 Å². The minimum atomic E-state index is -3.78. The molecule has 1 N–H and O–H groups in total. The SMILES string of the molecule is Cc1cc(NC(=O)CS(=O)(=O)Cc2ccccc2F)no1. The number of aryl methyl sites for hydroxylation is 1. The predicted octanol–water partition coefficient (Wildman–Crippen LogP) is 1.68. The Kier molecular flexibility index (Phi) is 4.37. The fourth-order valence-electron chi connectivity index (χ4n) is 1.71. The first-order chi connectivity index (χ1) is 9.85. The van der Waals surface area contributed by atoms with Crippen molar-refractivity contribution in [1.29, 1.82) is 0 Å². The van der Waals surface area contributed by atoms with Crippen LogP contribution in [0.3, 0.4) is 0 Å². The number of sulfone groups is 1. The smallest absolute Gasteiger partial charge is 0.240 e. The van der Waals surface area contributed by atoms with E-state index in [1.807, 2.05) is 0 Å². The molecule has 0 bridgehead atoms. The molecule has 1 heterocycles. The van der Waals surface area contributed by atoms with Crippen LogP contribution in [0.1, 0.15) is 11.3 Å². The second-order valence-corrected chi connectivity index (χ2v) is 6.56. The number of hydrogen-bond acceptors (Lipinski definition) is 5. The van der Waals surface area contributed by atoms with Gasteiger partial charge in [-0.25, -0.2) is 12.8 Å². The number of benzene rings is 1. The Morgan fingerprint density at radius 2 is 2.10 bits per heavy atom. The van der Waals surface area contributed by atoms with Crippen molar-refractivity contribution in [3.05, 3.63) is 47.5 Å². The van der Waals surface area contributed by atoms with Gasteiger partial charge in [0.1, 0.15) is 17.3 Å². The van der Waals surface area contributed by atoms with Gasteiger partial charge in [-0.3, -0.25) is 4.79 Å². The zero-order chi connectivity index (χ0) is 15.5. The largest absolute Gasteiger partial charge is 0.360 e. The number of carbonyl (C=O) groups excluding carboxylic acids is 1. The topological polar surface area (TPSA) is 89.3 Å². The number of anilines is 1. The van der Waals surface area contributed by atoms with Gasteiger partial charge in [-0.05, 0) is 13.0 Å². The van der Waals surface area contributed by atoms with Crippen molar-refractivity contribution in [2.24, 2.45) is 0 Å². The van der Waals surface area contributed by atoms with Gasteiger partial charge in [-0.2, -0.15) is 0 Å². The lowest BCUT2D eigenvalue weighted by Crippen LogP contribution is -2.24. The number of nitrogens with one attached hydrogen (secondary N) is 1. The number of rotatable bonds is 5. The summed E-state index contributed by atoms with van der Waals surface area (Å²) >= 11 is 0. The van der Waals surface area contributed by atoms with Crippen LogP contribution in [0.4, 0.5) is 10.2 Å². The van der Waals surface area contributed by atoms with Crippen LogP contribution in [0.15, 0.2) is 34.9 Å². The maximum absolute atomic E-state index is 13.4. The van der Waals surface area contributed by atoms with Crippen LogP contribution in [-0.2, 0) is 20.4 Å². The van der Waals surface area contributed by atoms with E-state index in [0.29, 0.717) is 5.76 Å². The molecule has 1 aromatic heterocycles. The van der Waals surface area contributed by atoms with Gasteiger partial charge < -0.3 is 9.84 Å². The third-order valence-electron chi connectivity index (χ3n) is 2.58. The summed E-state index contributed by atoms with van der Waals surface area (Å²) < 4.78 is 41.9. The molecule has 6 nitrogen and oxygen atoms in total. The van der Waals surface area contributed by atoms with Gasteiger partial charge in [0.05, 0.1) is 5.75 Å². The molecule has 0 fully saturated rings. The molecule has 112 valence electrons. The molecule has 2 rings (SSSR count). The highest BCUT2D eigenvalue weighted by molar-refractivity contribution is 7.91. The Balaban J connectivity index is 2.00. The van der Waals surface area contributed by atoms with Crippen LogP contribution in [-0.4, -0.2) is 25.2 Å². The molecule has 0 radical (unpaired) electrons. The van der Waals surface area contributed by atoms with Crippen molar-refractivity contribution in [3.63, 3.8) is 0 Å². The molecule has 2 aromatic rings. The molecule has 1 aromatic carbocycles. The van der Waals surface area contributed by atoms with Gasteiger partial charge in [-0.1, -0.05) is 23.4 Å². The number of halogens is 1. The molecule has 21 heavy (non-hydrogen) atoms. The molecule has 0 saturated heterocycles. The molecular formula is C13H13FN2O4S. The van der Waals surface area contributed by atoms with Crippen molar-refractivity contribution in [2.45, 2.75) is 12.7 Å². The van der Waals surface area contributed by atoms with E-state index in [-0.39, 0.29) is 11.4 Å². The molecule has 1 amide bonds. The van der Waals surface area contributed by atoms with Gasteiger partial charge in [0.25, 0.3) is 0 Å². The summed E-state index contributed by atoms with van der Waals surface area (Å²) in [6.45, 7) is 1.64. The lowest BCUT2D eigenvalue weighted by atomic mass is 10.2. The average molecular weight is 312 g/mol. The van der Waals surface area contributed by atoms with E-state index >= 15 is 0 Å². The van der Waals surface area contributed by atoms with E-state index in [1.54, 1.807) is 6.92 Å². The lowest BCUT2D eigenvalue weighted by Gasteiger charge is -2.05. The number of carbonyl (C=O) groups is 1. The van der Waals surface area contributed by atoms with Gasteiger partial charge in [-0.15, -0.1) is 0 Å². The van der Waals surface area contributed by atoms with Crippen molar-refractivity contribution in [2.75, 3.05) is 11.1 Å². The average Bonchev–Trinajstić information content (AvgIpc) is 2.76. The lowest BCUT2D eigenvalue weighted by molar-refractivity contribution is -0.113. The van der Waals surface area contributed by atoms with Crippen LogP contribution in [0.5, 0.6) is 0 Å². The highest BCUT2D eigenvalue weighted by atomic mass is 32.2. The summed E-state index contributed by atoms with van der Waals surface area (Å²) in [6, 6.07) is 6.99. The maximum Gasteiger partial charge on any atom is 0.240 e. The van der Waals surface area contributed by atoms with E-state index in [0.717, 1.165) is 0 Å². The molecule has 0 unspecified atom stereocenters. The van der Waals surface area contributed by atoms with E-state index in [2.05, 4.69) is 10.5 Å². The first-order valence-corrected chi connectivity index (χ1v) is 7.85. The molecule has 0 aliphatic carbocycles. The molecule has 0 aliphatic rings. The first-order valence-electron chi connectivity index (χ1n) is 6.03. The Labute approximate surface area is 120 Å². The second-order valence-electron chi connectivity index (χ2n) is 4.49. The van der Waals surface area contributed by atoms with Crippen molar-refractivity contribution < 1.29 is 22.1 Å². The zero-order valence-corrected chi connectivity index (χ0v) is 12.0. The minimum Gasteiger partial charge on any atom is -0.360 e. The number of aromatic nitrogens is 1. The third kappa shape index (κ3) is 4.38. The Hall–Kier alpha value is -2.22. The molecule has 0 spiro atoms. The highest BCUT2D eigenvalue weighted by Gasteiger charge is 2.20. The van der Waals surface area contributed by atoms with E-state index in [4.69, 9.17) is 4.52 Å².